The van der Waals surface area contributed by atoms with Crippen LogP contribution in [0.3, 0.4) is 0 Å². The Bertz CT molecular complexity index is 417. The molecule has 2 rings (SSSR count). The summed E-state index contributed by atoms with van der Waals surface area (Å²) in [5.74, 6) is 1.65. The molecule has 18 heavy (non-hydrogen) atoms. The van der Waals surface area contributed by atoms with Gasteiger partial charge in [0.1, 0.15) is 11.6 Å². The van der Waals surface area contributed by atoms with E-state index in [0.29, 0.717) is 12.4 Å². The second kappa shape index (κ2) is 4.97. The van der Waals surface area contributed by atoms with Crippen molar-refractivity contribution in [3.05, 3.63) is 6.07 Å². The SMILES string of the molecule is CNc1cc(N(C)CC2(O)CCCC2)nc(N)n1. The lowest BCUT2D eigenvalue weighted by Crippen LogP contribution is -2.39. The first-order chi connectivity index (χ1) is 8.52. The van der Waals surface area contributed by atoms with Gasteiger partial charge in [0.25, 0.3) is 0 Å². The van der Waals surface area contributed by atoms with Gasteiger partial charge in [0.05, 0.1) is 5.60 Å². The molecule has 0 amide bonds. The molecule has 1 fully saturated rings. The first kappa shape index (κ1) is 12.9. The van der Waals surface area contributed by atoms with Gasteiger partial charge in [-0.3, -0.25) is 0 Å². The van der Waals surface area contributed by atoms with Crippen LogP contribution in [0.15, 0.2) is 6.07 Å². The van der Waals surface area contributed by atoms with Crippen LogP contribution in [-0.2, 0) is 0 Å². The summed E-state index contributed by atoms with van der Waals surface area (Å²) in [5, 5.41) is 13.3. The summed E-state index contributed by atoms with van der Waals surface area (Å²) < 4.78 is 0. The van der Waals surface area contributed by atoms with E-state index in [2.05, 4.69) is 15.3 Å². The van der Waals surface area contributed by atoms with Gasteiger partial charge < -0.3 is 21.1 Å². The van der Waals surface area contributed by atoms with Crippen molar-refractivity contribution in [1.82, 2.24) is 9.97 Å². The molecule has 0 aromatic carbocycles. The molecule has 0 radical (unpaired) electrons. The van der Waals surface area contributed by atoms with Gasteiger partial charge in [0, 0.05) is 26.7 Å². The third-order valence-corrected chi connectivity index (χ3v) is 3.44. The van der Waals surface area contributed by atoms with Gasteiger partial charge in [-0.2, -0.15) is 9.97 Å². The fourth-order valence-electron chi connectivity index (χ4n) is 2.49. The summed E-state index contributed by atoms with van der Waals surface area (Å²) in [6, 6.07) is 1.83. The molecule has 0 saturated heterocycles. The second-order valence-corrected chi connectivity index (χ2v) is 5.01. The van der Waals surface area contributed by atoms with Crippen LogP contribution in [0.25, 0.3) is 0 Å². The number of nitrogens with one attached hydrogen (secondary N) is 1. The third kappa shape index (κ3) is 2.81. The van der Waals surface area contributed by atoms with Crippen LogP contribution in [-0.4, -0.2) is 41.3 Å². The smallest absolute Gasteiger partial charge is 0.223 e. The maximum Gasteiger partial charge on any atom is 0.223 e. The number of hydrogen-bond acceptors (Lipinski definition) is 6. The van der Waals surface area contributed by atoms with Crippen molar-refractivity contribution in [2.75, 3.05) is 36.6 Å². The highest BCUT2D eigenvalue weighted by Crippen LogP contribution is 2.31. The maximum absolute atomic E-state index is 10.4. The molecule has 1 aromatic heterocycles. The predicted octanol–water partition coefficient (Wildman–Crippen LogP) is 0.842. The number of nitrogen functional groups attached to an aromatic ring is 1. The normalized spacial score (nSPS) is 17.7. The van der Waals surface area contributed by atoms with Crippen LogP contribution < -0.4 is 16.0 Å². The van der Waals surface area contributed by atoms with E-state index in [1.807, 2.05) is 18.0 Å². The largest absolute Gasteiger partial charge is 0.388 e. The van der Waals surface area contributed by atoms with Gasteiger partial charge in [0.15, 0.2) is 0 Å². The minimum Gasteiger partial charge on any atom is -0.388 e. The van der Waals surface area contributed by atoms with Gasteiger partial charge in [-0.05, 0) is 12.8 Å². The van der Waals surface area contributed by atoms with Crippen molar-refractivity contribution in [2.45, 2.75) is 31.3 Å². The highest BCUT2D eigenvalue weighted by Gasteiger charge is 2.32. The molecule has 0 aliphatic heterocycles. The average molecular weight is 251 g/mol. The number of aliphatic hydroxyl groups is 1. The lowest BCUT2D eigenvalue weighted by molar-refractivity contribution is 0.0558. The van der Waals surface area contributed by atoms with Crippen molar-refractivity contribution >= 4 is 17.6 Å². The lowest BCUT2D eigenvalue weighted by Gasteiger charge is -2.29. The molecule has 0 bridgehead atoms. The van der Waals surface area contributed by atoms with Gasteiger partial charge >= 0.3 is 0 Å². The zero-order valence-electron chi connectivity index (χ0n) is 11.0. The maximum atomic E-state index is 10.4. The van der Waals surface area contributed by atoms with E-state index in [1.54, 1.807) is 7.05 Å². The summed E-state index contributed by atoms with van der Waals surface area (Å²) in [5.41, 5.74) is 5.07. The summed E-state index contributed by atoms with van der Waals surface area (Å²) >= 11 is 0. The molecular weight excluding hydrogens is 230 g/mol. The van der Waals surface area contributed by atoms with Gasteiger partial charge in [-0.1, -0.05) is 12.8 Å². The van der Waals surface area contributed by atoms with E-state index in [1.165, 1.54) is 0 Å². The number of nitrogens with two attached hydrogens (primary N) is 1. The molecule has 6 heteroatoms. The number of likely N-dealkylation sites (N-methyl/N-ethyl adjacent to an activating group) is 1. The zero-order valence-corrected chi connectivity index (χ0v) is 11.0. The Balaban J connectivity index is 2.12. The Morgan fingerprint density at radius 1 is 1.44 bits per heavy atom. The molecule has 1 aromatic rings. The van der Waals surface area contributed by atoms with Crippen LogP contribution in [0.5, 0.6) is 0 Å². The molecule has 1 saturated carbocycles. The lowest BCUT2D eigenvalue weighted by atomic mass is 10.0. The highest BCUT2D eigenvalue weighted by atomic mass is 16.3. The molecule has 1 aliphatic carbocycles. The van der Waals surface area contributed by atoms with Crippen molar-refractivity contribution < 1.29 is 5.11 Å². The third-order valence-electron chi connectivity index (χ3n) is 3.44. The molecular formula is C12H21N5O. The number of nitrogens with zero attached hydrogens (tertiary/aromatic N) is 3. The molecule has 1 aliphatic rings. The average Bonchev–Trinajstić information content (AvgIpc) is 2.74. The predicted molar refractivity (Wildman–Crippen MR) is 72.7 cm³/mol. The van der Waals surface area contributed by atoms with Crippen molar-refractivity contribution in [1.29, 1.82) is 0 Å². The Morgan fingerprint density at radius 3 is 2.72 bits per heavy atom. The first-order valence-corrected chi connectivity index (χ1v) is 6.28. The van der Waals surface area contributed by atoms with Crippen LogP contribution in [0.4, 0.5) is 17.6 Å². The van der Waals surface area contributed by atoms with Crippen LogP contribution in [0.2, 0.25) is 0 Å². The topological polar surface area (TPSA) is 87.3 Å². The highest BCUT2D eigenvalue weighted by molar-refractivity contribution is 5.52. The number of hydrogen-bond donors (Lipinski definition) is 3. The van der Waals surface area contributed by atoms with Crippen molar-refractivity contribution in [2.24, 2.45) is 0 Å². The standard InChI is InChI=1S/C12H21N5O/c1-14-9-7-10(16-11(13)15-9)17(2)8-12(18)5-3-4-6-12/h7,18H,3-6,8H2,1-2H3,(H3,13,14,15,16). The van der Waals surface area contributed by atoms with E-state index in [-0.39, 0.29) is 5.95 Å². The first-order valence-electron chi connectivity index (χ1n) is 6.28. The Morgan fingerprint density at radius 2 is 2.11 bits per heavy atom. The fourth-order valence-corrected chi connectivity index (χ4v) is 2.49. The minimum absolute atomic E-state index is 0.238. The number of rotatable bonds is 4. The second-order valence-electron chi connectivity index (χ2n) is 5.01. The molecule has 0 spiro atoms. The quantitative estimate of drug-likeness (QED) is 0.735. The molecule has 0 unspecified atom stereocenters. The summed E-state index contributed by atoms with van der Waals surface area (Å²) in [6.45, 7) is 0.576. The number of anilines is 3. The van der Waals surface area contributed by atoms with E-state index in [0.717, 1.165) is 31.5 Å². The van der Waals surface area contributed by atoms with Gasteiger partial charge in [-0.15, -0.1) is 0 Å². The summed E-state index contributed by atoms with van der Waals surface area (Å²) in [7, 11) is 3.70. The Labute approximate surface area is 107 Å². The van der Waals surface area contributed by atoms with E-state index in [9.17, 15) is 5.11 Å². The fraction of sp³-hybridized carbons (Fsp3) is 0.667. The summed E-state index contributed by atoms with van der Waals surface area (Å²) in [4.78, 5) is 10.2. The van der Waals surface area contributed by atoms with E-state index < -0.39 is 5.60 Å². The van der Waals surface area contributed by atoms with E-state index in [4.69, 9.17) is 5.73 Å². The zero-order chi connectivity index (χ0) is 13.2. The molecule has 4 N–H and O–H groups in total. The minimum atomic E-state index is -0.589. The molecule has 0 atom stereocenters. The molecule has 6 nitrogen and oxygen atoms in total. The monoisotopic (exact) mass is 251 g/mol. The Kier molecular flexibility index (Phi) is 3.56. The van der Waals surface area contributed by atoms with Gasteiger partial charge in [-0.25, -0.2) is 0 Å². The van der Waals surface area contributed by atoms with E-state index >= 15 is 0 Å². The van der Waals surface area contributed by atoms with Crippen LogP contribution >= 0.6 is 0 Å². The van der Waals surface area contributed by atoms with Crippen molar-refractivity contribution in [3.8, 4) is 0 Å². The molecule has 1 heterocycles. The summed E-state index contributed by atoms with van der Waals surface area (Å²) in [6.07, 6.45) is 3.91. The van der Waals surface area contributed by atoms with Crippen LogP contribution in [0.1, 0.15) is 25.7 Å². The van der Waals surface area contributed by atoms with Crippen molar-refractivity contribution in [3.63, 3.8) is 0 Å². The Hall–Kier alpha value is -1.56. The van der Waals surface area contributed by atoms with Crippen LogP contribution in [0, 0.1) is 0 Å². The van der Waals surface area contributed by atoms with Gasteiger partial charge in [0.2, 0.25) is 5.95 Å². The number of aromatic nitrogens is 2. The molecule has 100 valence electrons.